The summed E-state index contributed by atoms with van der Waals surface area (Å²) in [6.45, 7) is 1.22. The molecule has 0 spiro atoms. The lowest BCUT2D eigenvalue weighted by atomic mass is 9.94. The van der Waals surface area contributed by atoms with Crippen molar-refractivity contribution < 1.29 is 9.53 Å². The van der Waals surface area contributed by atoms with E-state index in [1.165, 1.54) is 12.4 Å². The Hall–Kier alpha value is -3.42. The van der Waals surface area contributed by atoms with Crippen LogP contribution in [0.3, 0.4) is 0 Å². The van der Waals surface area contributed by atoms with E-state index in [2.05, 4.69) is 15.1 Å². The number of amides is 1. The zero-order valence-electron chi connectivity index (χ0n) is 15.5. The summed E-state index contributed by atoms with van der Waals surface area (Å²) < 4.78 is 7.01. The van der Waals surface area contributed by atoms with Gasteiger partial charge in [-0.25, -0.2) is 9.67 Å². The second-order valence-electron chi connectivity index (χ2n) is 6.77. The van der Waals surface area contributed by atoms with Gasteiger partial charge in [-0.15, -0.1) is 0 Å². The molecule has 3 aromatic rings. The van der Waals surface area contributed by atoms with Crippen molar-refractivity contribution in [2.45, 2.75) is 18.8 Å². The molecule has 8 heteroatoms. The minimum absolute atomic E-state index is 0.0595. The third kappa shape index (κ3) is 3.53. The maximum Gasteiger partial charge on any atom is 0.257 e. The number of para-hydroxylation sites is 2. The first-order valence-corrected chi connectivity index (χ1v) is 9.17. The number of carbonyl (C=O) groups excluding carboxylic acids is 1. The fourth-order valence-corrected chi connectivity index (χ4v) is 3.58. The van der Waals surface area contributed by atoms with Gasteiger partial charge in [0.25, 0.3) is 11.5 Å². The molecule has 1 saturated heterocycles. The zero-order chi connectivity index (χ0) is 19.5. The first-order chi connectivity index (χ1) is 13.7. The number of H-pyrrole nitrogens is 1. The van der Waals surface area contributed by atoms with Crippen molar-refractivity contribution in [2.75, 3.05) is 20.2 Å². The second kappa shape index (κ2) is 7.67. The highest BCUT2D eigenvalue weighted by molar-refractivity contribution is 5.94. The molecule has 1 aliphatic heterocycles. The lowest BCUT2D eigenvalue weighted by molar-refractivity contribution is 0.0706. The summed E-state index contributed by atoms with van der Waals surface area (Å²) in [4.78, 5) is 33.2. The number of hydrogen-bond donors (Lipinski definition) is 1. The normalized spacial score (nSPS) is 16.8. The maximum absolute atomic E-state index is 13.0. The predicted octanol–water partition coefficient (Wildman–Crippen LogP) is 1.98. The summed E-state index contributed by atoms with van der Waals surface area (Å²) in [6, 6.07) is 9.02. The molecule has 1 N–H and O–H groups in total. The quantitative estimate of drug-likeness (QED) is 0.748. The molecule has 1 aliphatic rings. The number of ether oxygens (including phenoxy) is 1. The van der Waals surface area contributed by atoms with Gasteiger partial charge in [0, 0.05) is 31.3 Å². The summed E-state index contributed by atoms with van der Waals surface area (Å²) in [6.07, 6.45) is 6.47. The lowest BCUT2D eigenvalue weighted by Crippen LogP contribution is -2.39. The van der Waals surface area contributed by atoms with Crippen LogP contribution in [0.25, 0.3) is 5.69 Å². The number of rotatable bonds is 4. The standard InChI is InChI=1S/C20H21N5O3/c1-28-18-7-3-2-6-17(18)25-12-15(10-23-25)20(27)24-8-4-5-14(11-24)16-9-19(26)22-13-21-16/h2-3,6-7,9-10,12-14H,4-5,8,11H2,1H3,(H,21,22,26). The van der Waals surface area contributed by atoms with Crippen LogP contribution in [-0.4, -0.2) is 50.8 Å². The number of methoxy groups -OCH3 is 1. The topological polar surface area (TPSA) is 93.1 Å². The fourth-order valence-electron chi connectivity index (χ4n) is 3.58. The Morgan fingerprint density at radius 2 is 2.18 bits per heavy atom. The molecule has 3 heterocycles. The van der Waals surface area contributed by atoms with Crippen molar-refractivity contribution in [1.29, 1.82) is 0 Å². The molecule has 1 atom stereocenters. The summed E-state index contributed by atoms with van der Waals surface area (Å²) >= 11 is 0. The van der Waals surface area contributed by atoms with Crippen molar-refractivity contribution in [2.24, 2.45) is 0 Å². The number of nitrogens with one attached hydrogen (secondary N) is 1. The molecule has 1 aromatic carbocycles. The highest BCUT2D eigenvalue weighted by Crippen LogP contribution is 2.26. The molecule has 4 rings (SSSR count). The Morgan fingerprint density at radius 1 is 1.32 bits per heavy atom. The van der Waals surface area contributed by atoms with Gasteiger partial charge in [0.05, 0.1) is 30.9 Å². The van der Waals surface area contributed by atoms with Crippen LogP contribution >= 0.6 is 0 Å². The van der Waals surface area contributed by atoms with Crippen LogP contribution in [0.15, 0.2) is 53.8 Å². The Labute approximate surface area is 161 Å². The number of hydrogen-bond acceptors (Lipinski definition) is 5. The van der Waals surface area contributed by atoms with E-state index in [4.69, 9.17) is 4.74 Å². The summed E-state index contributed by atoms with van der Waals surface area (Å²) in [5, 5.41) is 4.33. The Morgan fingerprint density at radius 3 is 3.00 bits per heavy atom. The number of piperidine rings is 1. The van der Waals surface area contributed by atoms with E-state index in [-0.39, 0.29) is 17.4 Å². The third-order valence-electron chi connectivity index (χ3n) is 4.99. The second-order valence-corrected chi connectivity index (χ2v) is 6.77. The molecular formula is C20H21N5O3. The molecule has 0 aliphatic carbocycles. The smallest absolute Gasteiger partial charge is 0.257 e. The van der Waals surface area contributed by atoms with Gasteiger partial charge in [-0.1, -0.05) is 12.1 Å². The number of nitrogens with zero attached hydrogens (tertiary/aromatic N) is 4. The van der Waals surface area contributed by atoms with Crippen molar-refractivity contribution in [3.05, 3.63) is 70.7 Å². The van der Waals surface area contributed by atoms with Crippen molar-refractivity contribution in [3.63, 3.8) is 0 Å². The summed E-state index contributed by atoms with van der Waals surface area (Å²) in [7, 11) is 1.60. The zero-order valence-corrected chi connectivity index (χ0v) is 15.5. The summed E-state index contributed by atoms with van der Waals surface area (Å²) in [5.41, 5.74) is 1.84. The van der Waals surface area contributed by atoms with Crippen LogP contribution in [0.2, 0.25) is 0 Å². The van der Waals surface area contributed by atoms with E-state index in [0.717, 1.165) is 24.2 Å². The van der Waals surface area contributed by atoms with Gasteiger partial charge < -0.3 is 14.6 Å². The number of likely N-dealkylation sites (tertiary alicyclic amines) is 1. The average molecular weight is 379 g/mol. The van der Waals surface area contributed by atoms with Crippen LogP contribution in [-0.2, 0) is 0 Å². The van der Waals surface area contributed by atoms with Gasteiger partial charge in [-0.3, -0.25) is 9.59 Å². The van der Waals surface area contributed by atoms with Gasteiger partial charge in [0.1, 0.15) is 11.4 Å². The Kier molecular flexibility index (Phi) is 4.92. The van der Waals surface area contributed by atoms with E-state index in [0.29, 0.717) is 24.4 Å². The monoisotopic (exact) mass is 379 g/mol. The SMILES string of the molecule is COc1ccccc1-n1cc(C(=O)N2CCCC(c3cc(=O)[nH]cn3)C2)cn1. The van der Waals surface area contributed by atoms with E-state index in [9.17, 15) is 9.59 Å². The molecule has 1 amide bonds. The number of benzene rings is 1. The summed E-state index contributed by atoms with van der Waals surface area (Å²) in [5.74, 6) is 0.669. The predicted molar refractivity (Wildman–Crippen MR) is 103 cm³/mol. The first kappa shape index (κ1) is 18.0. The number of aromatic nitrogens is 4. The van der Waals surface area contributed by atoms with Crippen molar-refractivity contribution >= 4 is 5.91 Å². The molecule has 1 fully saturated rings. The van der Waals surface area contributed by atoms with Gasteiger partial charge in [-0.05, 0) is 25.0 Å². The Balaban J connectivity index is 1.53. The first-order valence-electron chi connectivity index (χ1n) is 9.17. The minimum atomic E-state index is -0.175. The third-order valence-corrected chi connectivity index (χ3v) is 4.99. The fraction of sp³-hybridized carbons (Fsp3) is 0.300. The van der Waals surface area contributed by atoms with Crippen molar-refractivity contribution in [1.82, 2.24) is 24.6 Å². The highest BCUT2D eigenvalue weighted by atomic mass is 16.5. The molecule has 0 bridgehead atoms. The lowest BCUT2D eigenvalue weighted by Gasteiger charge is -2.32. The average Bonchev–Trinajstić information content (AvgIpc) is 3.23. The van der Waals surface area contributed by atoms with E-state index < -0.39 is 0 Å². The van der Waals surface area contributed by atoms with Gasteiger partial charge in [0.2, 0.25) is 0 Å². The molecule has 0 radical (unpaired) electrons. The van der Waals surface area contributed by atoms with E-state index in [1.807, 2.05) is 24.3 Å². The van der Waals surface area contributed by atoms with Crippen LogP contribution < -0.4 is 10.3 Å². The van der Waals surface area contributed by atoms with Gasteiger partial charge >= 0.3 is 0 Å². The van der Waals surface area contributed by atoms with E-state index in [1.54, 1.807) is 29.1 Å². The highest BCUT2D eigenvalue weighted by Gasteiger charge is 2.27. The molecule has 144 valence electrons. The largest absolute Gasteiger partial charge is 0.494 e. The number of carbonyl (C=O) groups is 1. The maximum atomic E-state index is 13.0. The van der Waals surface area contributed by atoms with E-state index >= 15 is 0 Å². The van der Waals surface area contributed by atoms with Crippen LogP contribution in [0.4, 0.5) is 0 Å². The Bertz CT molecular complexity index is 1040. The van der Waals surface area contributed by atoms with Crippen LogP contribution in [0.5, 0.6) is 5.75 Å². The van der Waals surface area contributed by atoms with Crippen LogP contribution in [0, 0.1) is 0 Å². The minimum Gasteiger partial charge on any atom is -0.494 e. The number of aromatic amines is 1. The molecular weight excluding hydrogens is 358 g/mol. The molecule has 1 unspecified atom stereocenters. The van der Waals surface area contributed by atoms with Gasteiger partial charge in [-0.2, -0.15) is 5.10 Å². The van der Waals surface area contributed by atoms with Crippen LogP contribution in [0.1, 0.15) is 34.8 Å². The molecule has 28 heavy (non-hydrogen) atoms. The van der Waals surface area contributed by atoms with Crippen molar-refractivity contribution in [3.8, 4) is 11.4 Å². The molecule has 0 saturated carbocycles. The molecule has 2 aromatic heterocycles. The van der Waals surface area contributed by atoms with Gasteiger partial charge in [0.15, 0.2) is 0 Å². The molecule has 8 nitrogen and oxygen atoms in total.